The first-order valence-corrected chi connectivity index (χ1v) is 5.88. The average Bonchev–Trinajstić information content (AvgIpc) is 2.76. The van der Waals surface area contributed by atoms with Crippen molar-refractivity contribution in [3.05, 3.63) is 30.2 Å². The molecule has 1 aromatic heterocycles. The van der Waals surface area contributed by atoms with Crippen molar-refractivity contribution in [2.75, 3.05) is 6.54 Å². The lowest BCUT2D eigenvalue weighted by atomic mass is 10.1. The molecule has 0 fully saturated rings. The molecule has 0 spiro atoms. The highest BCUT2D eigenvalue weighted by atomic mass is 16.3. The standard InChI is InChI=1S/C13H16N2O2/c1-2-3-13(16)14-7-6-10-4-5-12-11(8-10)15-9-17-12/h4-5,8-9H,2-3,6-7H2,1H3,(H,14,16). The van der Waals surface area contributed by atoms with Gasteiger partial charge in [-0.25, -0.2) is 4.98 Å². The third-order valence-corrected chi connectivity index (χ3v) is 2.61. The number of hydrogen-bond donors (Lipinski definition) is 1. The summed E-state index contributed by atoms with van der Waals surface area (Å²) in [5.41, 5.74) is 2.81. The molecule has 2 rings (SSSR count). The summed E-state index contributed by atoms with van der Waals surface area (Å²) in [5, 5.41) is 2.89. The summed E-state index contributed by atoms with van der Waals surface area (Å²) in [6.45, 7) is 2.67. The van der Waals surface area contributed by atoms with Crippen LogP contribution in [0.5, 0.6) is 0 Å². The topological polar surface area (TPSA) is 55.1 Å². The Morgan fingerprint density at radius 3 is 3.18 bits per heavy atom. The molecule has 0 atom stereocenters. The van der Waals surface area contributed by atoms with Crippen LogP contribution in [0.2, 0.25) is 0 Å². The second kappa shape index (κ2) is 5.48. The van der Waals surface area contributed by atoms with E-state index in [4.69, 9.17) is 4.42 Å². The number of carbonyl (C=O) groups is 1. The first-order chi connectivity index (χ1) is 8.29. The van der Waals surface area contributed by atoms with Crippen molar-refractivity contribution in [1.29, 1.82) is 0 Å². The number of benzene rings is 1. The smallest absolute Gasteiger partial charge is 0.219 e. The van der Waals surface area contributed by atoms with Gasteiger partial charge < -0.3 is 9.73 Å². The van der Waals surface area contributed by atoms with Crippen molar-refractivity contribution in [2.24, 2.45) is 0 Å². The van der Waals surface area contributed by atoms with Crippen LogP contribution in [0.1, 0.15) is 25.3 Å². The summed E-state index contributed by atoms with van der Waals surface area (Å²) in [6, 6.07) is 5.90. The molecule has 0 bridgehead atoms. The van der Waals surface area contributed by atoms with Gasteiger partial charge in [-0.05, 0) is 30.5 Å². The largest absolute Gasteiger partial charge is 0.443 e. The number of hydrogen-bond acceptors (Lipinski definition) is 3. The lowest BCUT2D eigenvalue weighted by molar-refractivity contribution is -0.121. The Hall–Kier alpha value is -1.84. The van der Waals surface area contributed by atoms with E-state index in [1.807, 2.05) is 25.1 Å². The van der Waals surface area contributed by atoms with E-state index in [-0.39, 0.29) is 5.91 Å². The number of nitrogens with one attached hydrogen (secondary N) is 1. The molecule has 0 aliphatic heterocycles. The third kappa shape index (κ3) is 3.06. The van der Waals surface area contributed by atoms with Gasteiger partial charge in [0, 0.05) is 13.0 Å². The van der Waals surface area contributed by atoms with Crippen LogP contribution in [-0.2, 0) is 11.2 Å². The van der Waals surface area contributed by atoms with Gasteiger partial charge in [0.2, 0.25) is 5.91 Å². The molecule has 0 aliphatic carbocycles. The van der Waals surface area contributed by atoms with Gasteiger partial charge in [-0.15, -0.1) is 0 Å². The lowest BCUT2D eigenvalue weighted by Crippen LogP contribution is -2.25. The Balaban J connectivity index is 1.88. The monoisotopic (exact) mass is 232 g/mol. The van der Waals surface area contributed by atoms with Gasteiger partial charge in [0.25, 0.3) is 0 Å². The number of carbonyl (C=O) groups excluding carboxylic acids is 1. The highest BCUT2D eigenvalue weighted by Gasteiger charge is 2.01. The Morgan fingerprint density at radius 1 is 1.47 bits per heavy atom. The molecule has 0 unspecified atom stereocenters. The Bertz CT molecular complexity index is 505. The summed E-state index contributed by atoms with van der Waals surface area (Å²) in [7, 11) is 0. The quantitative estimate of drug-likeness (QED) is 0.860. The first kappa shape index (κ1) is 11.6. The predicted octanol–water partition coefficient (Wildman–Crippen LogP) is 2.29. The maximum absolute atomic E-state index is 11.3. The molecule has 1 heterocycles. The number of amides is 1. The second-order valence-electron chi connectivity index (χ2n) is 4.00. The normalized spacial score (nSPS) is 10.6. The van der Waals surface area contributed by atoms with Crippen LogP contribution in [0.3, 0.4) is 0 Å². The summed E-state index contributed by atoms with van der Waals surface area (Å²) in [5.74, 6) is 0.120. The summed E-state index contributed by atoms with van der Waals surface area (Å²) < 4.78 is 5.17. The molecule has 1 amide bonds. The molecule has 4 nitrogen and oxygen atoms in total. The highest BCUT2D eigenvalue weighted by Crippen LogP contribution is 2.14. The van der Waals surface area contributed by atoms with Gasteiger partial charge in [0.05, 0.1) is 0 Å². The minimum absolute atomic E-state index is 0.120. The van der Waals surface area contributed by atoms with Crippen LogP contribution in [0.25, 0.3) is 11.1 Å². The maximum Gasteiger partial charge on any atom is 0.219 e. The zero-order valence-electron chi connectivity index (χ0n) is 9.90. The third-order valence-electron chi connectivity index (χ3n) is 2.61. The molecule has 0 saturated heterocycles. The molecule has 0 saturated carbocycles. The fraction of sp³-hybridized carbons (Fsp3) is 0.385. The van der Waals surface area contributed by atoms with Gasteiger partial charge >= 0.3 is 0 Å². The van der Waals surface area contributed by atoms with Crippen molar-refractivity contribution in [1.82, 2.24) is 10.3 Å². The summed E-state index contributed by atoms with van der Waals surface area (Å²) >= 11 is 0. The SMILES string of the molecule is CCCC(=O)NCCc1ccc2ocnc2c1. The van der Waals surface area contributed by atoms with Crippen LogP contribution in [-0.4, -0.2) is 17.4 Å². The van der Waals surface area contributed by atoms with E-state index in [9.17, 15) is 4.79 Å². The molecular formula is C13H16N2O2. The van der Waals surface area contributed by atoms with Crippen LogP contribution in [0, 0.1) is 0 Å². The number of fused-ring (bicyclic) bond motifs is 1. The van der Waals surface area contributed by atoms with E-state index in [0.29, 0.717) is 13.0 Å². The zero-order valence-corrected chi connectivity index (χ0v) is 9.90. The molecule has 1 N–H and O–H groups in total. The van der Waals surface area contributed by atoms with E-state index >= 15 is 0 Å². The lowest BCUT2D eigenvalue weighted by Gasteiger charge is -2.04. The van der Waals surface area contributed by atoms with Crippen LogP contribution in [0.4, 0.5) is 0 Å². The molecule has 0 aliphatic rings. The van der Waals surface area contributed by atoms with Crippen molar-refractivity contribution < 1.29 is 9.21 Å². The molecular weight excluding hydrogens is 216 g/mol. The fourth-order valence-corrected chi connectivity index (χ4v) is 1.72. The molecule has 2 aromatic rings. The van der Waals surface area contributed by atoms with E-state index < -0.39 is 0 Å². The van der Waals surface area contributed by atoms with Crippen LogP contribution >= 0.6 is 0 Å². The summed E-state index contributed by atoms with van der Waals surface area (Å²) in [4.78, 5) is 15.4. The number of oxazole rings is 1. The van der Waals surface area contributed by atoms with Crippen LogP contribution < -0.4 is 5.32 Å². The molecule has 4 heteroatoms. The minimum atomic E-state index is 0.120. The number of rotatable bonds is 5. The van der Waals surface area contributed by atoms with Gasteiger partial charge in [-0.2, -0.15) is 0 Å². The average molecular weight is 232 g/mol. The number of aromatic nitrogens is 1. The molecule has 17 heavy (non-hydrogen) atoms. The van der Waals surface area contributed by atoms with Crippen molar-refractivity contribution >= 4 is 17.0 Å². The first-order valence-electron chi connectivity index (χ1n) is 5.88. The minimum Gasteiger partial charge on any atom is -0.443 e. The molecule has 90 valence electrons. The van der Waals surface area contributed by atoms with Crippen molar-refractivity contribution in [3.63, 3.8) is 0 Å². The zero-order chi connectivity index (χ0) is 12.1. The Kier molecular flexibility index (Phi) is 3.75. The summed E-state index contributed by atoms with van der Waals surface area (Å²) in [6.07, 6.45) is 3.74. The Morgan fingerprint density at radius 2 is 2.35 bits per heavy atom. The molecule has 1 aromatic carbocycles. The van der Waals surface area contributed by atoms with Crippen molar-refractivity contribution in [3.8, 4) is 0 Å². The second-order valence-corrected chi connectivity index (χ2v) is 4.00. The van der Waals surface area contributed by atoms with Gasteiger partial charge in [0.1, 0.15) is 5.52 Å². The van der Waals surface area contributed by atoms with Gasteiger partial charge in [-0.1, -0.05) is 13.0 Å². The van der Waals surface area contributed by atoms with E-state index in [1.165, 1.54) is 6.39 Å². The van der Waals surface area contributed by atoms with Gasteiger partial charge in [-0.3, -0.25) is 4.79 Å². The number of nitrogens with zero attached hydrogens (tertiary/aromatic N) is 1. The Labute approximate surface area is 100 Å². The van der Waals surface area contributed by atoms with Gasteiger partial charge in [0.15, 0.2) is 12.0 Å². The predicted molar refractivity (Wildman–Crippen MR) is 65.6 cm³/mol. The van der Waals surface area contributed by atoms with Crippen molar-refractivity contribution in [2.45, 2.75) is 26.2 Å². The maximum atomic E-state index is 11.3. The van der Waals surface area contributed by atoms with E-state index in [0.717, 1.165) is 29.5 Å². The van der Waals surface area contributed by atoms with Crippen LogP contribution in [0.15, 0.2) is 29.0 Å². The fourth-order valence-electron chi connectivity index (χ4n) is 1.72. The highest BCUT2D eigenvalue weighted by molar-refractivity contribution is 5.76. The molecule has 0 radical (unpaired) electrons. The van der Waals surface area contributed by atoms with E-state index in [1.54, 1.807) is 0 Å². The van der Waals surface area contributed by atoms with E-state index in [2.05, 4.69) is 10.3 Å².